The van der Waals surface area contributed by atoms with Crippen LogP contribution in [0, 0.1) is 0 Å². The molecule has 2 heterocycles. The van der Waals surface area contributed by atoms with Crippen LogP contribution in [0.15, 0.2) is 0 Å². The second kappa shape index (κ2) is 6.19. The lowest BCUT2D eigenvalue weighted by Gasteiger charge is -2.34. The molecule has 1 aliphatic heterocycles. The maximum atomic E-state index is 12.3. The van der Waals surface area contributed by atoms with Gasteiger partial charge in [0.2, 0.25) is 0 Å². The van der Waals surface area contributed by atoms with Crippen LogP contribution < -0.4 is 0 Å². The number of carbonyl (C=O) groups is 2. The highest BCUT2D eigenvalue weighted by Crippen LogP contribution is 2.27. The fourth-order valence-electron chi connectivity index (χ4n) is 2.65. The summed E-state index contributed by atoms with van der Waals surface area (Å²) in [5.41, 5.74) is 0.343. The molecule has 0 bridgehead atoms. The van der Waals surface area contributed by atoms with E-state index in [0.717, 1.165) is 0 Å². The third kappa shape index (κ3) is 3.47. The third-order valence-electron chi connectivity index (χ3n) is 3.61. The first-order valence-electron chi connectivity index (χ1n) is 7.60. The van der Waals surface area contributed by atoms with Crippen molar-refractivity contribution in [1.29, 1.82) is 0 Å². The van der Waals surface area contributed by atoms with Gasteiger partial charge in [-0.1, -0.05) is 6.92 Å². The molecule has 8 nitrogen and oxygen atoms in total. The molecule has 1 atom stereocenters. The van der Waals surface area contributed by atoms with Crippen molar-refractivity contribution in [2.24, 2.45) is 0 Å². The summed E-state index contributed by atoms with van der Waals surface area (Å²) < 4.78 is 6.88. The predicted molar refractivity (Wildman–Crippen MR) is 81.3 cm³/mol. The van der Waals surface area contributed by atoms with Gasteiger partial charge in [0.1, 0.15) is 11.2 Å². The zero-order valence-electron chi connectivity index (χ0n) is 13.9. The summed E-state index contributed by atoms with van der Waals surface area (Å²) in [7, 11) is 0. The van der Waals surface area contributed by atoms with Gasteiger partial charge in [0.25, 0.3) is 0 Å². The number of aliphatic hydroxyl groups is 1. The van der Waals surface area contributed by atoms with E-state index in [2.05, 4.69) is 5.10 Å². The lowest BCUT2D eigenvalue weighted by molar-refractivity contribution is 0.0126. The van der Waals surface area contributed by atoms with Crippen molar-refractivity contribution >= 4 is 12.1 Å². The summed E-state index contributed by atoms with van der Waals surface area (Å²) >= 11 is 0. The number of nitrogens with zero attached hydrogens (tertiary/aromatic N) is 3. The molecule has 1 aromatic rings. The monoisotopic (exact) mass is 325 g/mol. The van der Waals surface area contributed by atoms with Crippen LogP contribution in [-0.2, 0) is 17.7 Å². The summed E-state index contributed by atoms with van der Waals surface area (Å²) in [6, 6.07) is -0.482. The lowest BCUT2D eigenvalue weighted by atomic mass is 10.1. The molecule has 0 aromatic carbocycles. The molecule has 1 amide bonds. The van der Waals surface area contributed by atoms with Gasteiger partial charge in [-0.3, -0.25) is 4.68 Å². The van der Waals surface area contributed by atoms with Gasteiger partial charge in [-0.2, -0.15) is 5.10 Å². The van der Waals surface area contributed by atoms with Crippen molar-refractivity contribution in [2.75, 3.05) is 13.2 Å². The SMILES string of the molecule is CCc1nn2c(c1C(=O)O)CN(C(=O)OC(C)(C)C)CC2CO. The smallest absolute Gasteiger partial charge is 0.410 e. The second-order valence-electron chi connectivity index (χ2n) is 6.57. The Kier molecular flexibility index (Phi) is 4.65. The van der Waals surface area contributed by atoms with Gasteiger partial charge < -0.3 is 19.8 Å². The maximum Gasteiger partial charge on any atom is 0.410 e. The van der Waals surface area contributed by atoms with Gasteiger partial charge >= 0.3 is 12.1 Å². The molecule has 0 radical (unpaired) electrons. The van der Waals surface area contributed by atoms with Crippen molar-refractivity contribution < 1.29 is 24.5 Å². The summed E-state index contributed by atoms with van der Waals surface area (Å²) in [6.07, 6.45) is -0.0653. The van der Waals surface area contributed by atoms with E-state index in [1.165, 1.54) is 9.58 Å². The molecule has 23 heavy (non-hydrogen) atoms. The molecular formula is C15H23N3O5. The number of rotatable bonds is 3. The number of carboxylic acid groups (broad SMARTS) is 1. The number of amides is 1. The standard InChI is InChI=1S/C15H23N3O5/c1-5-10-12(13(20)21)11-7-17(14(22)23-15(2,3)4)6-9(8-19)18(11)16-10/h9,19H,5-8H2,1-4H3,(H,20,21). The predicted octanol–water partition coefficient (Wildman–Crippen LogP) is 1.43. The molecule has 0 spiro atoms. The normalized spacial score (nSPS) is 17.8. The number of aryl methyl sites for hydroxylation is 1. The molecule has 128 valence electrons. The van der Waals surface area contributed by atoms with Crippen molar-refractivity contribution in [3.05, 3.63) is 17.0 Å². The minimum absolute atomic E-state index is 0.0973. The Labute approximate surface area is 134 Å². The zero-order chi connectivity index (χ0) is 17.4. The Balaban J connectivity index is 2.39. The van der Waals surface area contributed by atoms with E-state index >= 15 is 0 Å². The van der Waals surface area contributed by atoms with Crippen LogP contribution in [-0.4, -0.2) is 55.7 Å². The maximum absolute atomic E-state index is 12.3. The van der Waals surface area contributed by atoms with Crippen molar-refractivity contribution in [2.45, 2.75) is 52.3 Å². The number of aliphatic hydroxyl groups excluding tert-OH is 1. The molecule has 1 aromatic heterocycles. The zero-order valence-corrected chi connectivity index (χ0v) is 13.9. The first-order chi connectivity index (χ1) is 10.7. The molecule has 0 fully saturated rings. The molecule has 2 N–H and O–H groups in total. The first kappa shape index (κ1) is 17.3. The van der Waals surface area contributed by atoms with Crippen molar-refractivity contribution in [1.82, 2.24) is 14.7 Å². The van der Waals surface area contributed by atoms with E-state index in [-0.39, 0.29) is 25.3 Å². The molecule has 0 saturated heterocycles. The molecule has 8 heteroatoms. The average Bonchev–Trinajstić information content (AvgIpc) is 2.82. The van der Waals surface area contributed by atoms with E-state index in [9.17, 15) is 19.8 Å². The molecule has 2 rings (SSSR count). The van der Waals surface area contributed by atoms with E-state index in [1.54, 1.807) is 20.8 Å². The Morgan fingerprint density at radius 2 is 2.04 bits per heavy atom. The van der Waals surface area contributed by atoms with Gasteiger partial charge in [0, 0.05) is 6.54 Å². The Morgan fingerprint density at radius 1 is 1.39 bits per heavy atom. The number of ether oxygens (including phenoxy) is 1. The second-order valence-corrected chi connectivity index (χ2v) is 6.57. The average molecular weight is 325 g/mol. The highest BCUT2D eigenvalue weighted by Gasteiger charge is 2.35. The molecule has 1 unspecified atom stereocenters. The number of hydrogen-bond acceptors (Lipinski definition) is 5. The minimum atomic E-state index is -1.08. The summed E-state index contributed by atoms with van der Waals surface area (Å²) in [5.74, 6) is -1.08. The number of carboxylic acids is 1. The first-order valence-corrected chi connectivity index (χ1v) is 7.60. The van der Waals surface area contributed by atoms with Crippen molar-refractivity contribution in [3.63, 3.8) is 0 Å². The van der Waals surface area contributed by atoms with Crippen LogP contribution in [0.25, 0.3) is 0 Å². The Hall–Kier alpha value is -2.09. The van der Waals surface area contributed by atoms with Crippen LogP contribution in [0.2, 0.25) is 0 Å². The number of fused-ring (bicyclic) bond motifs is 1. The van der Waals surface area contributed by atoms with Gasteiger partial charge in [-0.25, -0.2) is 9.59 Å². The molecule has 0 aliphatic carbocycles. The summed E-state index contributed by atoms with van der Waals surface area (Å²) in [4.78, 5) is 25.3. The Morgan fingerprint density at radius 3 is 2.52 bits per heavy atom. The minimum Gasteiger partial charge on any atom is -0.478 e. The van der Waals surface area contributed by atoms with E-state index in [1.807, 2.05) is 6.92 Å². The number of aromatic carboxylic acids is 1. The van der Waals surface area contributed by atoms with Gasteiger partial charge in [0.05, 0.1) is 30.6 Å². The largest absolute Gasteiger partial charge is 0.478 e. The van der Waals surface area contributed by atoms with E-state index in [0.29, 0.717) is 17.8 Å². The van der Waals surface area contributed by atoms with Crippen LogP contribution in [0.1, 0.15) is 55.5 Å². The van der Waals surface area contributed by atoms with Crippen LogP contribution >= 0.6 is 0 Å². The fourth-order valence-corrected chi connectivity index (χ4v) is 2.65. The highest BCUT2D eigenvalue weighted by molar-refractivity contribution is 5.90. The van der Waals surface area contributed by atoms with Crippen LogP contribution in [0.4, 0.5) is 4.79 Å². The van der Waals surface area contributed by atoms with Gasteiger partial charge in [-0.15, -0.1) is 0 Å². The summed E-state index contributed by atoms with van der Waals surface area (Å²) in [6.45, 7) is 7.19. The number of aromatic nitrogens is 2. The third-order valence-corrected chi connectivity index (χ3v) is 3.61. The van der Waals surface area contributed by atoms with E-state index in [4.69, 9.17) is 4.74 Å². The Bertz CT molecular complexity index is 617. The lowest BCUT2D eigenvalue weighted by Crippen LogP contribution is -2.45. The summed E-state index contributed by atoms with van der Waals surface area (Å²) in [5, 5.41) is 23.4. The molecular weight excluding hydrogens is 302 g/mol. The van der Waals surface area contributed by atoms with Crippen molar-refractivity contribution in [3.8, 4) is 0 Å². The number of hydrogen-bond donors (Lipinski definition) is 2. The fraction of sp³-hybridized carbons (Fsp3) is 0.667. The van der Waals surface area contributed by atoms with Gasteiger partial charge in [0.15, 0.2) is 0 Å². The topological polar surface area (TPSA) is 105 Å². The van der Waals surface area contributed by atoms with Crippen LogP contribution in [0.5, 0.6) is 0 Å². The van der Waals surface area contributed by atoms with E-state index < -0.39 is 23.7 Å². The molecule has 0 saturated carbocycles. The van der Waals surface area contributed by atoms with Crippen LogP contribution in [0.3, 0.4) is 0 Å². The highest BCUT2D eigenvalue weighted by atomic mass is 16.6. The molecule has 1 aliphatic rings. The quantitative estimate of drug-likeness (QED) is 0.871. The number of carbonyl (C=O) groups excluding carboxylic acids is 1. The van der Waals surface area contributed by atoms with Gasteiger partial charge in [-0.05, 0) is 27.2 Å².